The van der Waals surface area contributed by atoms with E-state index in [1.165, 1.54) is 37.7 Å². The van der Waals surface area contributed by atoms with Crippen molar-refractivity contribution in [3.8, 4) is 11.8 Å². The molecule has 7 heteroatoms. The molecule has 2 aromatic rings. The average Bonchev–Trinajstić information content (AvgIpc) is 2.82. The Morgan fingerprint density at radius 2 is 2.04 bits per heavy atom. The molecule has 0 amide bonds. The molecule has 1 N–H and O–H groups in total. The second-order valence-corrected chi connectivity index (χ2v) is 5.93. The summed E-state index contributed by atoms with van der Waals surface area (Å²) >= 11 is 6.12. The number of benzene rings is 1. The van der Waals surface area contributed by atoms with E-state index < -0.39 is 11.6 Å². The van der Waals surface area contributed by atoms with Crippen LogP contribution in [0.4, 0.5) is 4.39 Å². The molecule has 0 aliphatic rings. The minimum absolute atomic E-state index is 0.0415. The normalized spacial score (nSPS) is 10.9. The number of aliphatic hydroxyl groups is 1. The van der Waals surface area contributed by atoms with Crippen LogP contribution >= 0.6 is 11.6 Å². The first-order chi connectivity index (χ1) is 11.2. The third kappa shape index (κ3) is 4.34. The fourth-order valence-electron chi connectivity index (χ4n) is 1.95. The quantitative estimate of drug-likeness (QED) is 0.682. The van der Waals surface area contributed by atoms with Gasteiger partial charge in [-0.2, -0.15) is 0 Å². The maximum atomic E-state index is 13.0. The molecule has 0 bridgehead atoms. The molecule has 126 valence electrons. The number of halogens is 2. The maximum Gasteiger partial charge on any atom is 0.357 e. The minimum atomic E-state index is -1.25. The predicted molar refractivity (Wildman–Crippen MR) is 87.3 cm³/mol. The Hall–Kier alpha value is -2.36. The Bertz CT molecular complexity index is 811. The summed E-state index contributed by atoms with van der Waals surface area (Å²) in [5.74, 6) is 4.21. The van der Waals surface area contributed by atoms with Crippen LogP contribution in [-0.2, 0) is 11.3 Å². The van der Waals surface area contributed by atoms with E-state index in [1.807, 2.05) is 0 Å². The number of ether oxygens (including phenoxy) is 1. The summed E-state index contributed by atoms with van der Waals surface area (Å²) in [5, 5.41) is 9.75. The lowest BCUT2D eigenvalue weighted by atomic mass is 10.1. The van der Waals surface area contributed by atoms with Gasteiger partial charge >= 0.3 is 5.97 Å². The van der Waals surface area contributed by atoms with Crippen molar-refractivity contribution in [2.45, 2.75) is 26.0 Å². The molecule has 0 spiro atoms. The molecule has 2 rings (SSSR count). The van der Waals surface area contributed by atoms with Gasteiger partial charge in [-0.05, 0) is 49.1 Å². The largest absolute Gasteiger partial charge is 0.464 e. The van der Waals surface area contributed by atoms with Crippen LogP contribution in [0.25, 0.3) is 0 Å². The first-order valence-corrected chi connectivity index (χ1v) is 7.43. The summed E-state index contributed by atoms with van der Waals surface area (Å²) in [4.78, 5) is 16.2. The summed E-state index contributed by atoms with van der Waals surface area (Å²) in [6.45, 7) is 3.21. The van der Waals surface area contributed by atoms with Gasteiger partial charge in [0.2, 0.25) is 5.28 Å². The number of nitrogens with zero attached hydrogens (tertiary/aromatic N) is 2. The van der Waals surface area contributed by atoms with Gasteiger partial charge in [-0.25, -0.2) is 14.2 Å². The fraction of sp³-hybridized carbons (Fsp3) is 0.294. The zero-order valence-electron chi connectivity index (χ0n) is 13.4. The highest BCUT2D eigenvalue weighted by molar-refractivity contribution is 6.28. The highest BCUT2D eigenvalue weighted by Crippen LogP contribution is 2.19. The van der Waals surface area contributed by atoms with Gasteiger partial charge in [-0.3, -0.25) is 0 Å². The Morgan fingerprint density at radius 1 is 1.42 bits per heavy atom. The number of carbonyl (C=O) groups is 1. The molecule has 0 saturated carbocycles. The molecule has 0 saturated heterocycles. The van der Waals surface area contributed by atoms with Crippen LogP contribution in [-0.4, -0.2) is 33.3 Å². The molecule has 0 radical (unpaired) electrons. The number of carbonyl (C=O) groups excluding carboxylic acids is 1. The third-order valence-corrected chi connectivity index (χ3v) is 3.33. The molecule has 5 nitrogen and oxygen atoms in total. The standard InChI is InChI=1S/C17H16ClFN2O3/c1-17(2,23)9-8-13-14(15(22)24-3)21(16(18)20-13)10-11-4-6-12(19)7-5-11/h4-7,23H,10H2,1-3H3. The van der Waals surface area contributed by atoms with Gasteiger partial charge < -0.3 is 14.4 Å². The summed E-state index contributed by atoms with van der Waals surface area (Å²) in [6.07, 6.45) is 0. The van der Waals surface area contributed by atoms with E-state index in [0.29, 0.717) is 0 Å². The van der Waals surface area contributed by atoms with Gasteiger partial charge in [-0.15, -0.1) is 0 Å². The van der Waals surface area contributed by atoms with Gasteiger partial charge in [0, 0.05) is 0 Å². The minimum Gasteiger partial charge on any atom is -0.464 e. The van der Waals surface area contributed by atoms with Crippen molar-refractivity contribution in [2.75, 3.05) is 7.11 Å². The van der Waals surface area contributed by atoms with Gasteiger partial charge in [-0.1, -0.05) is 18.1 Å². The van der Waals surface area contributed by atoms with Crippen molar-refractivity contribution in [3.63, 3.8) is 0 Å². The SMILES string of the molecule is COC(=O)c1c(C#CC(C)(C)O)nc(Cl)n1Cc1ccc(F)cc1. The number of imidazole rings is 1. The first kappa shape index (κ1) is 18.0. The molecule has 0 aliphatic heterocycles. The molecule has 0 aliphatic carbocycles. The molecule has 1 aromatic heterocycles. The third-order valence-electron chi connectivity index (χ3n) is 3.04. The van der Waals surface area contributed by atoms with Crippen LogP contribution in [0.2, 0.25) is 5.28 Å². The molecule has 1 aromatic carbocycles. The smallest absolute Gasteiger partial charge is 0.357 e. The van der Waals surface area contributed by atoms with Crippen molar-refractivity contribution >= 4 is 17.6 Å². The molecule has 0 unspecified atom stereocenters. The highest BCUT2D eigenvalue weighted by Gasteiger charge is 2.22. The summed E-state index contributed by atoms with van der Waals surface area (Å²) in [5.41, 5.74) is -0.344. The van der Waals surface area contributed by atoms with Crippen molar-refractivity contribution < 1.29 is 19.0 Å². The molecule has 0 fully saturated rings. The monoisotopic (exact) mass is 350 g/mol. The lowest BCUT2D eigenvalue weighted by Gasteiger charge is -2.09. The molecular weight excluding hydrogens is 335 g/mol. The van der Waals surface area contributed by atoms with E-state index >= 15 is 0 Å². The zero-order valence-corrected chi connectivity index (χ0v) is 14.2. The summed E-state index contributed by atoms with van der Waals surface area (Å²) in [6, 6.07) is 5.78. The Morgan fingerprint density at radius 3 is 2.58 bits per heavy atom. The van der Waals surface area contributed by atoms with Crippen LogP contribution in [0.15, 0.2) is 24.3 Å². The van der Waals surface area contributed by atoms with Crippen LogP contribution in [0, 0.1) is 17.7 Å². The predicted octanol–water partition coefficient (Wildman–Crippen LogP) is 2.63. The second kappa shape index (κ2) is 7.04. The van der Waals surface area contributed by atoms with Crippen LogP contribution < -0.4 is 0 Å². The number of esters is 1. The van der Waals surface area contributed by atoms with Crippen molar-refractivity contribution in [1.29, 1.82) is 0 Å². The average molecular weight is 351 g/mol. The van der Waals surface area contributed by atoms with E-state index in [1.54, 1.807) is 12.1 Å². The van der Waals surface area contributed by atoms with E-state index in [4.69, 9.17) is 16.3 Å². The lowest BCUT2D eigenvalue weighted by Crippen LogP contribution is -2.15. The van der Waals surface area contributed by atoms with E-state index in [2.05, 4.69) is 16.8 Å². The van der Waals surface area contributed by atoms with Crippen molar-refractivity contribution in [3.05, 3.63) is 52.3 Å². The van der Waals surface area contributed by atoms with E-state index in [9.17, 15) is 14.3 Å². The van der Waals surface area contributed by atoms with Gasteiger partial charge in [0.15, 0.2) is 5.69 Å². The first-order valence-electron chi connectivity index (χ1n) is 7.05. The lowest BCUT2D eigenvalue weighted by molar-refractivity contribution is 0.0588. The van der Waals surface area contributed by atoms with Gasteiger partial charge in [0.25, 0.3) is 0 Å². The second-order valence-electron chi connectivity index (χ2n) is 5.59. The number of methoxy groups -OCH3 is 1. The number of rotatable bonds is 3. The topological polar surface area (TPSA) is 64.3 Å². The Labute approximate surface area is 144 Å². The van der Waals surface area contributed by atoms with Crippen LogP contribution in [0.5, 0.6) is 0 Å². The molecule has 1 heterocycles. The van der Waals surface area contributed by atoms with Crippen molar-refractivity contribution in [1.82, 2.24) is 9.55 Å². The zero-order chi connectivity index (χ0) is 17.9. The molecule has 24 heavy (non-hydrogen) atoms. The maximum absolute atomic E-state index is 13.0. The number of aromatic nitrogens is 2. The summed E-state index contributed by atoms with van der Waals surface area (Å²) in [7, 11) is 1.23. The Balaban J connectivity index is 2.50. The van der Waals surface area contributed by atoms with E-state index in [0.717, 1.165) is 5.56 Å². The molecular formula is C17H16ClFN2O3. The van der Waals surface area contributed by atoms with Crippen LogP contribution in [0.1, 0.15) is 35.6 Å². The highest BCUT2D eigenvalue weighted by atomic mass is 35.5. The summed E-state index contributed by atoms with van der Waals surface area (Å²) < 4.78 is 19.2. The Kier molecular flexibility index (Phi) is 5.27. The van der Waals surface area contributed by atoms with Crippen molar-refractivity contribution in [2.24, 2.45) is 0 Å². The van der Waals surface area contributed by atoms with E-state index in [-0.39, 0.29) is 29.0 Å². The fourth-order valence-corrected chi connectivity index (χ4v) is 2.17. The number of hydrogen-bond acceptors (Lipinski definition) is 4. The van der Waals surface area contributed by atoms with Gasteiger partial charge in [0.05, 0.1) is 13.7 Å². The molecule has 0 atom stereocenters. The van der Waals surface area contributed by atoms with Crippen LogP contribution in [0.3, 0.4) is 0 Å². The van der Waals surface area contributed by atoms with Gasteiger partial charge in [0.1, 0.15) is 17.1 Å². The number of hydrogen-bond donors (Lipinski definition) is 1.